The molecular weight excluding hydrogens is 268 g/mol. The van der Waals surface area contributed by atoms with Gasteiger partial charge in [0.2, 0.25) is 5.91 Å². The van der Waals surface area contributed by atoms with Crippen LogP contribution in [0.2, 0.25) is 0 Å². The van der Waals surface area contributed by atoms with Gasteiger partial charge in [-0.15, -0.1) is 0 Å². The summed E-state index contributed by atoms with van der Waals surface area (Å²) in [5, 5.41) is 0.342. The molecule has 1 amide bonds. The second kappa shape index (κ2) is 6.18. The Morgan fingerprint density at radius 2 is 2.06 bits per heavy atom. The summed E-state index contributed by atoms with van der Waals surface area (Å²) in [4.78, 5) is 17.6. The van der Waals surface area contributed by atoms with E-state index in [2.05, 4.69) is 27.8 Å². The fraction of sp³-hybridized carbons (Fsp3) is 0.667. The maximum absolute atomic E-state index is 11.5. The molecule has 0 N–H and O–H groups in total. The number of halogens is 1. The quantitative estimate of drug-likeness (QED) is 0.436. The lowest BCUT2D eigenvalue weighted by molar-refractivity contribution is -0.123. The van der Waals surface area contributed by atoms with Crippen molar-refractivity contribution in [2.75, 3.05) is 12.4 Å². The molecule has 1 aliphatic rings. The first-order chi connectivity index (χ1) is 7.56. The lowest BCUT2D eigenvalue weighted by Gasteiger charge is -2.19. The zero-order valence-corrected chi connectivity index (χ0v) is 11.8. The molecule has 0 aromatic heterocycles. The molecule has 0 unspecified atom stereocenters. The maximum Gasteiger partial charge on any atom is 0.238 e. The molecule has 4 heteroatoms. The molecule has 0 atom stereocenters. The van der Waals surface area contributed by atoms with E-state index in [0.717, 1.165) is 24.4 Å². The van der Waals surface area contributed by atoms with Crippen LogP contribution in [-0.2, 0) is 4.79 Å². The number of aliphatic imine (C=N–C) groups is 1. The Hall–Kier alpha value is -0.640. The van der Waals surface area contributed by atoms with Crippen molar-refractivity contribution in [2.24, 2.45) is 4.99 Å². The van der Waals surface area contributed by atoms with E-state index in [1.807, 2.05) is 6.92 Å². The van der Waals surface area contributed by atoms with Crippen LogP contribution in [0.3, 0.4) is 0 Å². The number of nitrogens with zero attached hydrogens (tertiary/aromatic N) is 2. The average Bonchev–Trinajstić information content (AvgIpc) is 2.30. The highest BCUT2D eigenvalue weighted by Gasteiger charge is 2.12. The Balaban J connectivity index is 2.79. The van der Waals surface area contributed by atoms with E-state index >= 15 is 0 Å². The number of alkyl halides is 1. The van der Waals surface area contributed by atoms with Gasteiger partial charge in [-0.25, -0.2) is 4.99 Å². The van der Waals surface area contributed by atoms with Crippen LogP contribution < -0.4 is 0 Å². The summed E-state index contributed by atoms with van der Waals surface area (Å²) >= 11 is 3.16. The maximum atomic E-state index is 11.5. The molecule has 16 heavy (non-hydrogen) atoms. The van der Waals surface area contributed by atoms with Crippen molar-refractivity contribution in [3.63, 3.8) is 0 Å². The Morgan fingerprint density at radius 3 is 2.62 bits per heavy atom. The predicted molar refractivity (Wildman–Crippen MR) is 70.8 cm³/mol. The molecule has 0 saturated heterocycles. The summed E-state index contributed by atoms with van der Waals surface area (Å²) in [6.45, 7) is 4.02. The van der Waals surface area contributed by atoms with Crippen LogP contribution in [0.15, 0.2) is 16.3 Å². The summed E-state index contributed by atoms with van der Waals surface area (Å²) in [5.41, 5.74) is 2.53. The van der Waals surface area contributed by atoms with Gasteiger partial charge in [-0.3, -0.25) is 4.79 Å². The SMILES string of the molecule is CC(=NC1=C(C)CCCC1)N(C)C(=O)CBr. The molecule has 1 rings (SSSR count). The number of amides is 1. The van der Waals surface area contributed by atoms with Crippen molar-refractivity contribution < 1.29 is 4.79 Å². The lowest BCUT2D eigenvalue weighted by Crippen LogP contribution is -2.32. The van der Waals surface area contributed by atoms with Crippen LogP contribution >= 0.6 is 15.9 Å². The molecule has 3 nitrogen and oxygen atoms in total. The molecule has 0 saturated carbocycles. The molecule has 90 valence electrons. The molecule has 0 bridgehead atoms. The molecule has 0 aliphatic heterocycles. The number of carbonyl (C=O) groups is 1. The topological polar surface area (TPSA) is 32.7 Å². The minimum atomic E-state index is 0.0373. The predicted octanol–water partition coefficient (Wildman–Crippen LogP) is 3.11. The number of amidine groups is 1. The zero-order valence-electron chi connectivity index (χ0n) is 10.2. The standard InChI is InChI=1S/C12H19BrN2O/c1-9-6-4-5-7-11(9)14-10(2)15(3)12(16)8-13/h4-8H2,1-3H3. The van der Waals surface area contributed by atoms with E-state index < -0.39 is 0 Å². The second-order valence-corrected chi connectivity index (χ2v) is 4.74. The van der Waals surface area contributed by atoms with Crippen molar-refractivity contribution >= 4 is 27.7 Å². The highest BCUT2D eigenvalue weighted by molar-refractivity contribution is 9.09. The van der Waals surface area contributed by atoms with Gasteiger partial charge in [0.25, 0.3) is 0 Å². The number of allylic oxidation sites excluding steroid dienone is 2. The smallest absolute Gasteiger partial charge is 0.238 e. The van der Waals surface area contributed by atoms with Crippen LogP contribution in [0.4, 0.5) is 0 Å². The van der Waals surface area contributed by atoms with Crippen molar-refractivity contribution in [3.8, 4) is 0 Å². The number of hydrogen-bond donors (Lipinski definition) is 0. The van der Waals surface area contributed by atoms with Gasteiger partial charge in [0.1, 0.15) is 5.84 Å². The van der Waals surface area contributed by atoms with E-state index in [1.165, 1.54) is 18.4 Å². The van der Waals surface area contributed by atoms with Gasteiger partial charge in [-0.1, -0.05) is 21.5 Å². The Kier molecular flexibility index (Phi) is 5.19. The normalized spacial score (nSPS) is 17.6. The van der Waals surface area contributed by atoms with E-state index in [9.17, 15) is 4.79 Å². The Morgan fingerprint density at radius 1 is 1.44 bits per heavy atom. The zero-order chi connectivity index (χ0) is 12.1. The molecule has 0 aromatic carbocycles. The summed E-state index contributed by atoms with van der Waals surface area (Å²) < 4.78 is 0. The minimum absolute atomic E-state index is 0.0373. The van der Waals surface area contributed by atoms with Crippen LogP contribution in [0.5, 0.6) is 0 Å². The van der Waals surface area contributed by atoms with Crippen molar-refractivity contribution in [1.29, 1.82) is 0 Å². The summed E-state index contributed by atoms with van der Waals surface area (Å²) in [5.74, 6) is 0.816. The van der Waals surface area contributed by atoms with Gasteiger partial charge in [-0.05, 0) is 39.5 Å². The van der Waals surface area contributed by atoms with E-state index in [1.54, 1.807) is 11.9 Å². The van der Waals surface area contributed by atoms with Crippen molar-refractivity contribution in [1.82, 2.24) is 4.90 Å². The van der Waals surface area contributed by atoms with E-state index in [-0.39, 0.29) is 5.91 Å². The van der Waals surface area contributed by atoms with Gasteiger partial charge >= 0.3 is 0 Å². The lowest BCUT2D eigenvalue weighted by atomic mass is 9.98. The molecule has 0 radical (unpaired) electrons. The van der Waals surface area contributed by atoms with Gasteiger partial charge < -0.3 is 4.90 Å². The number of carbonyl (C=O) groups excluding carboxylic acids is 1. The first kappa shape index (κ1) is 13.4. The average molecular weight is 287 g/mol. The van der Waals surface area contributed by atoms with Gasteiger partial charge in [0.05, 0.1) is 5.33 Å². The monoisotopic (exact) mass is 286 g/mol. The highest BCUT2D eigenvalue weighted by Crippen LogP contribution is 2.25. The fourth-order valence-electron chi connectivity index (χ4n) is 1.73. The third-order valence-electron chi connectivity index (χ3n) is 2.98. The summed E-state index contributed by atoms with van der Waals surface area (Å²) in [6.07, 6.45) is 4.65. The molecule has 0 fully saturated rings. The Bertz CT molecular complexity index is 334. The third-order valence-corrected chi connectivity index (χ3v) is 3.46. The molecular formula is C12H19BrN2O. The number of hydrogen-bond acceptors (Lipinski definition) is 2. The van der Waals surface area contributed by atoms with Crippen LogP contribution in [0.1, 0.15) is 39.5 Å². The number of rotatable bonds is 2. The first-order valence-corrected chi connectivity index (χ1v) is 6.75. The largest absolute Gasteiger partial charge is 0.303 e. The highest BCUT2D eigenvalue weighted by atomic mass is 79.9. The van der Waals surface area contributed by atoms with Gasteiger partial charge in [0, 0.05) is 12.7 Å². The van der Waals surface area contributed by atoms with E-state index in [0.29, 0.717) is 5.33 Å². The van der Waals surface area contributed by atoms with Crippen molar-refractivity contribution in [3.05, 3.63) is 11.3 Å². The molecule has 0 heterocycles. The third kappa shape index (κ3) is 3.44. The van der Waals surface area contributed by atoms with Crippen LogP contribution in [-0.4, -0.2) is 29.0 Å². The van der Waals surface area contributed by atoms with E-state index in [4.69, 9.17) is 0 Å². The van der Waals surface area contributed by atoms with Crippen molar-refractivity contribution in [2.45, 2.75) is 39.5 Å². The summed E-state index contributed by atoms with van der Waals surface area (Å²) in [6, 6.07) is 0. The second-order valence-electron chi connectivity index (χ2n) is 4.18. The van der Waals surface area contributed by atoms with Gasteiger partial charge in [-0.2, -0.15) is 0 Å². The first-order valence-electron chi connectivity index (χ1n) is 5.62. The Labute approximate surface area is 106 Å². The van der Waals surface area contributed by atoms with Gasteiger partial charge in [0.15, 0.2) is 0 Å². The molecule has 0 spiro atoms. The fourth-order valence-corrected chi connectivity index (χ4v) is 2.11. The van der Waals surface area contributed by atoms with Crippen LogP contribution in [0, 0.1) is 0 Å². The van der Waals surface area contributed by atoms with Crippen LogP contribution in [0.25, 0.3) is 0 Å². The molecule has 0 aromatic rings. The summed E-state index contributed by atoms with van der Waals surface area (Å²) in [7, 11) is 1.77. The minimum Gasteiger partial charge on any atom is -0.303 e. The molecule has 1 aliphatic carbocycles.